The molecule has 0 aromatic heterocycles. The number of azo groups is 1. The van der Waals surface area contributed by atoms with Gasteiger partial charge in [0.25, 0.3) is 30.4 Å². The molecule has 4 aromatic rings. The number of nitrogens with two attached hydrogens (primary N) is 1. The zero-order valence-electron chi connectivity index (χ0n) is 19.8. The van der Waals surface area contributed by atoms with E-state index in [1.165, 1.54) is 6.07 Å². The van der Waals surface area contributed by atoms with Crippen LogP contribution >= 0.6 is 0 Å². The number of nitrogen functional groups attached to an aromatic ring is 1. The predicted molar refractivity (Wildman–Crippen MR) is 139 cm³/mol. The molecule has 0 unspecified atom stereocenters. The summed E-state index contributed by atoms with van der Waals surface area (Å²) in [6, 6.07) is 6.07. The first kappa shape index (κ1) is 28.1. The van der Waals surface area contributed by atoms with E-state index in [9.17, 15) is 49.1 Å². The number of hydrogen-bond acceptors (Lipinski definition) is 11. The molecule has 0 saturated carbocycles. The number of aryl methyl sites for hydroxylation is 2. The molecule has 39 heavy (non-hydrogen) atoms. The van der Waals surface area contributed by atoms with Crippen LogP contribution in [-0.4, -0.2) is 49.1 Å². The lowest BCUT2D eigenvalue weighted by molar-refractivity contribution is 0.472. The molecular weight excluding hydrogens is 578 g/mol. The maximum absolute atomic E-state index is 12.1. The van der Waals surface area contributed by atoms with Crippen molar-refractivity contribution in [2.24, 2.45) is 10.2 Å². The minimum absolute atomic E-state index is 0.00982. The van der Waals surface area contributed by atoms with Gasteiger partial charge in [-0.2, -0.15) is 25.3 Å². The zero-order chi connectivity index (χ0) is 29.2. The summed E-state index contributed by atoms with van der Waals surface area (Å²) in [7, 11) is -14.8. The van der Waals surface area contributed by atoms with E-state index >= 15 is 0 Å². The van der Waals surface area contributed by atoms with Gasteiger partial charge in [0, 0.05) is 21.8 Å². The van der Waals surface area contributed by atoms with Gasteiger partial charge in [-0.25, -0.2) is 0 Å². The number of phenolic OH excluding ortho intramolecular Hbond substituents is 2. The fourth-order valence-corrected chi connectivity index (χ4v) is 6.11. The first-order valence-corrected chi connectivity index (χ1v) is 14.8. The van der Waals surface area contributed by atoms with Crippen LogP contribution in [0.2, 0.25) is 0 Å². The normalized spacial score (nSPS) is 13.1. The second-order valence-electron chi connectivity index (χ2n) is 8.55. The molecule has 0 aliphatic heterocycles. The summed E-state index contributed by atoms with van der Waals surface area (Å²) in [5.41, 5.74) is 4.96. The molecule has 0 aliphatic rings. The third-order valence-corrected chi connectivity index (χ3v) is 8.35. The lowest BCUT2D eigenvalue weighted by Crippen LogP contribution is -2.02. The van der Waals surface area contributed by atoms with Crippen LogP contribution in [0.3, 0.4) is 0 Å². The lowest BCUT2D eigenvalue weighted by Gasteiger charge is -2.13. The number of benzene rings is 4. The quantitative estimate of drug-likeness (QED) is 0.109. The van der Waals surface area contributed by atoms with E-state index in [1.54, 1.807) is 19.9 Å². The Morgan fingerprint density at radius 2 is 1.31 bits per heavy atom. The maximum atomic E-state index is 12.1. The molecule has 0 amide bonds. The number of nitrogens with zero attached hydrogens (tertiary/aromatic N) is 2. The topological polar surface area (TPSA) is 254 Å². The van der Waals surface area contributed by atoms with Crippen LogP contribution < -0.4 is 5.73 Å². The van der Waals surface area contributed by atoms with Gasteiger partial charge < -0.3 is 15.9 Å². The van der Waals surface area contributed by atoms with Crippen LogP contribution in [0.5, 0.6) is 11.5 Å². The van der Waals surface area contributed by atoms with Crippen molar-refractivity contribution in [3.05, 3.63) is 47.5 Å². The van der Waals surface area contributed by atoms with E-state index in [-0.39, 0.29) is 21.5 Å². The smallest absolute Gasteiger partial charge is 0.296 e. The van der Waals surface area contributed by atoms with E-state index in [2.05, 4.69) is 10.2 Å². The van der Waals surface area contributed by atoms with E-state index in [1.807, 2.05) is 0 Å². The van der Waals surface area contributed by atoms with Gasteiger partial charge in [-0.05, 0) is 55.1 Å². The molecule has 0 fully saturated rings. The molecule has 7 N–H and O–H groups in total. The summed E-state index contributed by atoms with van der Waals surface area (Å²) >= 11 is 0. The third kappa shape index (κ3) is 5.10. The molecule has 4 rings (SSSR count). The number of phenols is 2. The molecule has 0 radical (unpaired) electrons. The second-order valence-corrected chi connectivity index (χ2v) is 12.8. The first-order chi connectivity index (χ1) is 17.8. The van der Waals surface area contributed by atoms with Gasteiger partial charge >= 0.3 is 0 Å². The van der Waals surface area contributed by atoms with Crippen LogP contribution in [0.4, 0.5) is 17.1 Å². The fourth-order valence-electron chi connectivity index (χ4n) is 4.20. The monoisotopic (exact) mass is 597 g/mol. The summed E-state index contributed by atoms with van der Waals surface area (Å²) in [5, 5.41) is 28.3. The van der Waals surface area contributed by atoms with Crippen LogP contribution in [-0.2, 0) is 30.4 Å². The largest absolute Gasteiger partial charge is 0.505 e. The van der Waals surface area contributed by atoms with Crippen molar-refractivity contribution in [2.75, 3.05) is 5.73 Å². The summed E-state index contributed by atoms with van der Waals surface area (Å²) in [4.78, 5) is -2.44. The zero-order valence-corrected chi connectivity index (χ0v) is 22.3. The Bertz CT molecular complexity index is 2090. The average molecular weight is 598 g/mol. The minimum Gasteiger partial charge on any atom is -0.505 e. The van der Waals surface area contributed by atoms with E-state index < -0.39 is 73.6 Å². The number of rotatable bonds is 5. The molecule has 0 atom stereocenters. The van der Waals surface area contributed by atoms with Crippen molar-refractivity contribution in [2.45, 2.75) is 28.5 Å². The Hall–Kier alpha value is -3.87. The summed E-state index contributed by atoms with van der Waals surface area (Å²) < 4.78 is 100. The summed E-state index contributed by atoms with van der Waals surface area (Å²) in [5.74, 6) is -1.57. The van der Waals surface area contributed by atoms with Gasteiger partial charge in [-0.1, -0.05) is 11.6 Å². The van der Waals surface area contributed by atoms with Gasteiger partial charge in [0.05, 0.1) is 4.90 Å². The molecule has 14 nitrogen and oxygen atoms in total. The molecule has 0 bridgehead atoms. The SMILES string of the molecule is Cc1cc(C)c2c(O)c(N=Nc3c(S(=O)(=O)O)cc4cc(S(=O)(=O)O)cc(N)c4c3O)cc(S(=O)(=O)O)c2c1. The van der Waals surface area contributed by atoms with Gasteiger partial charge in [0.2, 0.25) is 0 Å². The molecule has 0 saturated heterocycles. The molecule has 0 aliphatic carbocycles. The number of hydrogen-bond donors (Lipinski definition) is 6. The molecule has 17 heteroatoms. The van der Waals surface area contributed by atoms with Crippen LogP contribution in [0.25, 0.3) is 21.5 Å². The van der Waals surface area contributed by atoms with Crippen molar-refractivity contribution in [1.29, 1.82) is 0 Å². The maximum Gasteiger partial charge on any atom is 0.296 e. The highest BCUT2D eigenvalue weighted by Crippen LogP contribution is 2.46. The lowest BCUT2D eigenvalue weighted by atomic mass is 10.0. The Morgan fingerprint density at radius 3 is 1.87 bits per heavy atom. The second kappa shape index (κ2) is 9.11. The number of anilines is 1. The van der Waals surface area contributed by atoms with Crippen molar-refractivity contribution in [3.8, 4) is 11.5 Å². The van der Waals surface area contributed by atoms with E-state index in [0.29, 0.717) is 17.2 Å². The van der Waals surface area contributed by atoms with Crippen molar-refractivity contribution < 1.29 is 49.1 Å². The summed E-state index contributed by atoms with van der Waals surface area (Å²) in [6.45, 7) is 3.22. The van der Waals surface area contributed by atoms with Crippen molar-refractivity contribution >= 4 is 69.0 Å². The number of fused-ring (bicyclic) bond motifs is 2. The fraction of sp³-hybridized carbons (Fsp3) is 0.0909. The Labute approximate surface area is 221 Å². The molecule has 0 heterocycles. The van der Waals surface area contributed by atoms with Gasteiger partial charge in [0.15, 0.2) is 11.5 Å². The van der Waals surface area contributed by atoms with E-state index in [4.69, 9.17) is 5.73 Å². The van der Waals surface area contributed by atoms with Crippen molar-refractivity contribution in [1.82, 2.24) is 0 Å². The molecule has 0 spiro atoms. The van der Waals surface area contributed by atoms with Crippen LogP contribution in [0, 0.1) is 13.8 Å². The highest BCUT2D eigenvalue weighted by atomic mass is 32.2. The third-order valence-electron chi connectivity index (χ3n) is 5.76. The predicted octanol–water partition coefficient (Wildman–Crippen LogP) is 3.76. The van der Waals surface area contributed by atoms with Gasteiger partial charge in [0.1, 0.15) is 21.2 Å². The average Bonchev–Trinajstić information content (AvgIpc) is 2.76. The summed E-state index contributed by atoms with van der Waals surface area (Å²) in [6.07, 6.45) is 0. The molecule has 206 valence electrons. The van der Waals surface area contributed by atoms with Gasteiger partial charge in [-0.3, -0.25) is 13.7 Å². The molecular formula is C22H19N3O11S3. The Morgan fingerprint density at radius 1 is 0.692 bits per heavy atom. The first-order valence-electron chi connectivity index (χ1n) is 10.5. The minimum atomic E-state index is -5.17. The van der Waals surface area contributed by atoms with Crippen LogP contribution in [0.1, 0.15) is 11.1 Å². The van der Waals surface area contributed by atoms with Crippen LogP contribution in [0.15, 0.2) is 61.3 Å². The Balaban J connectivity index is 2.07. The number of aromatic hydroxyl groups is 2. The highest BCUT2D eigenvalue weighted by molar-refractivity contribution is 7.86. The Kier molecular flexibility index (Phi) is 6.57. The van der Waals surface area contributed by atoms with Gasteiger partial charge in [-0.15, -0.1) is 10.2 Å². The van der Waals surface area contributed by atoms with E-state index in [0.717, 1.165) is 18.2 Å². The standard InChI is InChI=1S/C22H19N3O11S3/c1-9-3-10(2)18-13(4-9)16(38(31,32)33)8-15(21(18)26)24-25-20-17(39(34,35)36)6-11-5-12(37(28,29)30)7-14(23)19(11)22(20)27/h3-8,26-27H,23H2,1-2H3,(H,28,29,30)(H,31,32,33)(H,34,35,36). The molecule has 4 aromatic carbocycles. The van der Waals surface area contributed by atoms with Crippen molar-refractivity contribution in [3.63, 3.8) is 0 Å². The highest BCUT2D eigenvalue weighted by Gasteiger charge is 2.26.